The lowest BCUT2D eigenvalue weighted by Gasteiger charge is -2.10. The summed E-state index contributed by atoms with van der Waals surface area (Å²) in [5.41, 5.74) is 0.944. The van der Waals surface area contributed by atoms with E-state index in [0.29, 0.717) is 13.2 Å². The third kappa shape index (κ3) is 3.67. The van der Waals surface area contributed by atoms with Crippen molar-refractivity contribution in [3.8, 4) is 0 Å². The summed E-state index contributed by atoms with van der Waals surface area (Å²) in [6, 6.07) is 0. The van der Waals surface area contributed by atoms with Gasteiger partial charge in [-0.25, -0.2) is 0 Å². The van der Waals surface area contributed by atoms with Gasteiger partial charge in [-0.15, -0.1) is 0 Å². The van der Waals surface area contributed by atoms with Crippen molar-refractivity contribution in [2.45, 2.75) is 6.10 Å². The van der Waals surface area contributed by atoms with Gasteiger partial charge >= 0.3 is 0 Å². The van der Waals surface area contributed by atoms with E-state index in [1.54, 1.807) is 18.4 Å². The van der Waals surface area contributed by atoms with Crippen molar-refractivity contribution >= 4 is 27.3 Å². The van der Waals surface area contributed by atoms with Crippen LogP contribution in [0.3, 0.4) is 0 Å². The second-order valence-corrected chi connectivity index (χ2v) is 4.49. The molecule has 0 aliphatic heterocycles. The fourth-order valence-corrected chi connectivity index (χ4v) is 2.66. The number of ether oxygens (including phenoxy) is 1. The Balaban J connectivity index is 2.28. The predicted molar refractivity (Wildman–Crippen MR) is 61.7 cm³/mol. The molecule has 0 saturated carbocycles. The van der Waals surface area contributed by atoms with Crippen molar-refractivity contribution in [3.63, 3.8) is 0 Å². The molecule has 2 N–H and O–H groups in total. The Morgan fingerprint density at radius 3 is 3.00 bits per heavy atom. The van der Waals surface area contributed by atoms with Crippen molar-refractivity contribution in [1.82, 2.24) is 5.32 Å². The third-order valence-electron chi connectivity index (χ3n) is 1.82. The third-order valence-corrected chi connectivity index (χ3v) is 3.57. The topological polar surface area (TPSA) is 41.5 Å². The van der Waals surface area contributed by atoms with Crippen LogP contribution in [-0.4, -0.2) is 31.9 Å². The molecule has 0 aromatic carbocycles. The molecule has 1 heterocycles. The summed E-state index contributed by atoms with van der Waals surface area (Å²) in [7, 11) is 1.66. The Hall–Kier alpha value is 0.0600. The first-order chi connectivity index (χ1) is 6.75. The zero-order chi connectivity index (χ0) is 10.4. The summed E-state index contributed by atoms with van der Waals surface area (Å²) in [6.07, 6.45) is -0.451. The first-order valence-corrected chi connectivity index (χ1v) is 6.08. The Labute approximate surface area is 96.2 Å². The fraction of sp³-hybridized carbons (Fsp3) is 0.556. The van der Waals surface area contributed by atoms with E-state index in [0.717, 1.165) is 16.6 Å². The molecule has 14 heavy (non-hydrogen) atoms. The number of aliphatic hydroxyl groups excluding tert-OH is 1. The summed E-state index contributed by atoms with van der Waals surface area (Å²) >= 11 is 4.97. The number of hydrogen-bond acceptors (Lipinski definition) is 4. The quantitative estimate of drug-likeness (QED) is 0.780. The Bertz CT molecular complexity index is 267. The van der Waals surface area contributed by atoms with E-state index in [1.165, 1.54) is 0 Å². The van der Waals surface area contributed by atoms with Crippen LogP contribution in [0.15, 0.2) is 15.2 Å². The van der Waals surface area contributed by atoms with Crippen LogP contribution in [-0.2, 0) is 4.74 Å². The Morgan fingerprint density at radius 1 is 1.64 bits per heavy atom. The molecule has 1 aromatic heterocycles. The van der Waals surface area contributed by atoms with E-state index in [9.17, 15) is 5.11 Å². The lowest BCUT2D eigenvalue weighted by Crippen LogP contribution is -2.24. The molecule has 5 heteroatoms. The van der Waals surface area contributed by atoms with Gasteiger partial charge in [-0.2, -0.15) is 11.3 Å². The van der Waals surface area contributed by atoms with Crippen LogP contribution in [0.25, 0.3) is 0 Å². The molecule has 1 atom stereocenters. The summed E-state index contributed by atoms with van der Waals surface area (Å²) in [6.45, 7) is 1.98. The van der Waals surface area contributed by atoms with Crippen molar-refractivity contribution in [2.24, 2.45) is 0 Å². The molecular formula is C9H14BrNO2S. The highest BCUT2D eigenvalue weighted by Gasteiger charge is 2.10. The molecule has 1 aromatic rings. The largest absolute Gasteiger partial charge is 0.387 e. The number of halogens is 1. The molecule has 3 nitrogen and oxygen atoms in total. The summed E-state index contributed by atoms with van der Waals surface area (Å²) in [5, 5.41) is 16.8. The molecule has 0 aliphatic carbocycles. The molecule has 80 valence electrons. The molecule has 1 rings (SSSR count). The second-order valence-electron chi connectivity index (χ2n) is 2.89. The van der Waals surface area contributed by atoms with E-state index >= 15 is 0 Å². The maximum Gasteiger partial charge on any atom is 0.0933 e. The van der Waals surface area contributed by atoms with E-state index in [1.807, 2.05) is 10.8 Å². The maximum absolute atomic E-state index is 9.76. The molecule has 0 saturated heterocycles. The monoisotopic (exact) mass is 279 g/mol. The summed E-state index contributed by atoms with van der Waals surface area (Å²) < 4.78 is 5.86. The number of rotatable bonds is 6. The maximum atomic E-state index is 9.76. The summed E-state index contributed by atoms with van der Waals surface area (Å²) in [4.78, 5) is 0. The van der Waals surface area contributed by atoms with Crippen LogP contribution < -0.4 is 5.32 Å². The molecule has 0 fully saturated rings. The number of nitrogens with one attached hydrogen (secondary N) is 1. The lowest BCUT2D eigenvalue weighted by atomic mass is 10.2. The minimum atomic E-state index is -0.451. The van der Waals surface area contributed by atoms with Crippen LogP contribution in [0.5, 0.6) is 0 Å². The van der Waals surface area contributed by atoms with Crippen molar-refractivity contribution < 1.29 is 9.84 Å². The lowest BCUT2D eigenvalue weighted by molar-refractivity contribution is 0.161. The van der Waals surface area contributed by atoms with Gasteiger partial charge in [0.25, 0.3) is 0 Å². The molecular weight excluding hydrogens is 266 g/mol. The zero-order valence-electron chi connectivity index (χ0n) is 8.00. The molecule has 0 spiro atoms. The van der Waals surface area contributed by atoms with Crippen molar-refractivity contribution in [1.29, 1.82) is 0 Å². The SMILES string of the molecule is COCCNCC(O)c1cscc1Br. The van der Waals surface area contributed by atoms with Gasteiger partial charge in [-0.1, -0.05) is 0 Å². The summed E-state index contributed by atoms with van der Waals surface area (Å²) in [5.74, 6) is 0. The number of hydrogen-bond donors (Lipinski definition) is 2. The van der Waals surface area contributed by atoms with Crippen LogP contribution in [0.2, 0.25) is 0 Å². The van der Waals surface area contributed by atoms with Crippen LogP contribution in [0.4, 0.5) is 0 Å². The Morgan fingerprint density at radius 2 is 2.43 bits per heavy atom. The zero-order valence-corrected chi connectivity index (χ0v) is 10.4. The minimum Gasteiger partial charge on any atom is -0.387 e. The molecule has 0 amide bonds. The van der Waals surface area contributed by atoms with Gasteiger partial charge in [0.15, 0.2) is 0 Å². The standard InChI is InChI=1S/C9H14BrNO2S/c1-13-3-2-11-4-9(12)7-5-14-6-8(7)10/h5-6,9,11-12H,2-4H2,1H3. The van der Waals surface area contributed by atoms with Crippen molar-refractivity contribution in [3.05, 3.63) is 20.8 Å². The van der Waals surface area contributed by atoms with Crippen molar-refractivity contribution in [2.75, 3.05) is 26.8 Å². The van der Waals surface area contributed by atoms with Crippen LogP contribution in [0.1, 0.15) is 11.7 Å². The molecule has 0 radical (unpaired) electrons. The highest BCUT2D eigenvalue weighted by atomic mass is 79.9. The van der Waals surface area contributed by atoms with Gasteiger partial charge in [0, 0.05) is 35.6 Å². The normalized spacial score (nSPS) is 13.1. The second kappa shape index (κ2) is 6.53. The van der Waals surface area contributed by atoms with Gasteiger partial charge in [-0.05, 0) is 21.3 Å². The number of thiophene rings is 1. The van der Waals surface area contributed by atoms with Gasteiger partial charge in [0.1, 0.15) is 0 Å². The smallest absolute Gasteiger partial charge is 0.0933 e. The number of methoxy groups -OCH3 is 1. The highest BCUT2D eigenvalue weighted by molar-refractivity contribution is 9.10. The van der Waals surface area contributed by atoms with Crippen LogP contribution in [0, 0.1) is 0 Å². The minimum absolute atomic E-state index is 0.451. The first-order valence-electron chi connectivity index (χ1n) is 4.35. The van der Waals surface area contributed by atoms with Gasteiger partial charge in [0.05, 0.1) is 12.7 Å². The van der Waals surface area contributed by atoms with E-state index in [-0.39, 0.29) is 0 Å². The van der Waals surface area contributed by atoms with E-state index in [2.05, 4.69) is 21.2 Å². The molecule has 0 bridgehead atoms. The average Bonchev–Trinajstić information content (AvgIpc) is 2.59. The number of aliphatic hydroxyl groups is 1. The van der Waals surface area contributed by atoms with Gasteiger partial charge in [-0.3, -0.25) is 0 Å². The van der Waals surface area contributed by atoms with Gasteiger partial charge in [0.2, 0.25) is 0 Å². The molecule has 0 aliphatic rings. The van der Waals surface area contributed by atoms with Gasteiger partial charge < -0.3 is 15.2 Å². The molecule has 1 unspecified atom stereocenters. The first kappa shape index (κ1) is 12.1. The van der Waals surface area contributed by atoms with E-state index < -0.39 is 6.10 Å². The van der Waals surface area contributed by atoms with E-state index in [4.69, 9.17) is 4.74 Å². The highest BCUT2D eigenvalue weighted by Crippen LogP contribution is 2.26. The van der Waals surface area contributed by atoms with Crippen LogP contribution >= 0.6 is 27.3 Å². The Kier molecular flexibility index (Phi) is 5.66. The average molecular weight is 280 g/mol. The fourth-order valence-electron chi connectivity index (χ4n) is 1.05. The predicted octanol–water partition coefficient (Wildman–Crippen LogP) is 1.78.